The van der Waals surface area contributed by atoms with E-state index in [2.05, 4.69) is 4.90 Å². The normalized spacial score (nSPS) is 18.2. The Bertz CT molecular complexity index is 1290. The average Bonchev–Trinajstić information content (AvgIpc) is 3.45. The van der Waals surface area contributed by atoms with Crippen molar-refractivity contribution >= 4 is 18.1 Å². The van der Waals surface area contributed by atoms with Crippen molar-refractivity contribution in [3.8, 4) is 17.2 Å². The Morgan fingerprint density at radius 3 is 2.24 bits per heavy atom. The summed E-state index contributed by atoms with van der Waals surface area (Å²) < 4.78 is 44.3. The zero-order chi connectivity index (χ0) is 30.4. The Balaban J connectivity index is 1.62. The molecule has 0 radical (unpaired) electrons. The van der Waals surface area contributed by atoms with Gasteiger partial charge in [0.05, 0.1) is 21.3 Å². The molecule has 228 valence electrons. The highest BCUT2D eigenvalue weighted by atomic mass is 19.1. The maximum absolute atomic E-state index is 14.4. The van der Waals surface area contributed by atoms with Gasteiger partial charge in [-0.05, 0) is 63.4 Å². The summed E-state index contributed by atoms with van der Waals surface area (Å²) in [7, 11) is 4.46. The maximum atomic E-state index is 14.4. The van der Waals surface area contributed by atoms with Gasteiger partial charge in [0, 0.05) is 55.5 Å². The lowest BCUT2D eigenvalue weighted by Crippen LogP contribution is -2.51. The molecule has 2 amide bonds. The van der Waals surface area contributed by atoms with Crippen LogP contribution < -0.4 is 14.2 Å². The van der Waals surface area contributed by atoms with Gasteiger partial charge in [0.25, 0.3) is 5.91 Å². The number of rotatable bonds is 10. The number of halogens is 2. The first-order valence-electron chi connectivity index (χ1n) is 14.1. The SMILES string of the molecule is COc1cc(C(=O)N(CC(C)=Cc2ccc(F)cc2F)C[C@H]2CCCN2C2CCN(C(=O)O)CC2)cc(OC)c1OC. The molecule has 2 fully saturated rings. The third-order valence-electron chi connectivity index (χ3n) is 8.06. The van der Waals surface area contributed by atoms with E-state index in [0.717, 1.165) is 43.9 Å². The van der Waals surface area contributed by atoms with Crippen molar-refractivity contribution in [1.29, 1.82) is 0 Å². The standard InChI is InChI=1S/C31H39F2N3O6/c1-20(14-21-7-8-23(32)17-26(21)33)18-35(30(37)22-15-27(40-2)29(42-4)28(16-22)41-3)19-25-6-5-11-36(25)24-9-12-34(13-10-24)31(38)39/h7-8,14-17,24-25H,5-6,9-13,18-19H2,1-4H3,(H,38,39)/t25-/m1/s1. The molecule has 1 N–H and O–H groups in total. The van der Waals surface area contributed by atoms with Crippen LogP contribution in [0.2, 0.25) is 0 Å². The molecule has 2 aliphatic rings. The number of carbonyl (C=O) groups excluding carboxylic acids is 1. The third-order valence-corrected chi connectivity index (χ3v) is 8.06. The van der Waals surface area contributed by atoms with Crippen molar-refractivity contribution in [3.05, 3.63) is 58.7 Å². The van der Waals surface area contributed by atoms with Crippen LogP contribution in [0.25, 0.3) is 6.08 Å². The van der Waals surface area contributed by atoms with E-state index in [9.17, 15) is 23.5 Å². The molecular formula is C31H39F2N3O6. The van der Waals surface area contributed by atoms with Crippen LogP contribution in [0.1, 0.15) is 48.5 Å². The maximum Gasteiger partial charge on any atom is 0.407 e. The second-order valence-corrected chi connectivity index (χ2v) is 10.8. The van der Waals surface area contributed by atoms with Gasteiger partial charge >= 0.3 is 6.09 Å². The Labute approximate surface area is 245 Å². The van der Waals surface area contributed by atoms with E-state index in [0.29, 0.717) is 42.4 Å². The number of likely N-dealkylation sites (tertiary alicyclic amines) is 2. The molecule has 11 heteroatoms. The highest BCUT2D eigenvalue weighted by Crippen LogP contribution is 2.38. The van der Waals surface area contributed by atoms with Crippen LogP contribution in [0.5, 0.6) is 17.2 Å². The van der Waals surface area contributed by atoms with Gasteiger partial charge in [-0.3, -0.25) is 9.69 Å². The smallest absolute Gasteiger partial charge is 0.407 e. The fourth-order valence-corrected chi connectivity index (χ4v) is 6.02. The van der Waals surface area contributed by atoms with E-state index >= 15 is 0 Å². The molecule has 42 heavy (non-hydrogen) atoms. The summed E-state index contributed by atoms with van der Waals surface area (Å²) in [6, 6.07) is 6.95. The lowest BCUT2D eigenvalue weighted by molar-refractivity contribution is 0.0612. The van der Waals surface area contributed by atoms with Crippen molar-refractivity contribution in [3.63, 3.8) is 0 Å². The van der Waals surface area contributed by atoms with Gasteiger partial charge in [0.2, 0.25) is 5.75 Å². The Hall–Kier alpha value is -3.86. The molecule has 0 spiro atoms. The average molecular weight is 588 g/mol. The van der Waals surface area contributed by atoms with Crippen LogP contribution in [0.4, 0.5) is 13.6 Å². The summed E-state index contributed by atoms with van der Waals surface area (Å²) in [6.45, 7) is 4.31. The third kappa shape index (κ3) is 7.13. The number of hydrogen-bond acceptors (Lipinski definition) is 6. The zero-order valence-electron chi connectivity index (χ0n) is 24.6. The fourth-order valence-electron chi connectivity index (χ4n) is 6.02. The van der Waals surface area contributed by atoms with E-state index in [-0.39, 0.29) is 30.1 Å². The van der Waals surface area contributed by atoms with Gasteiger partial charge < -0.3 is 29.1 Å². The first kappa shape index (κ1) is 31.1. The van der Waals surface area contributed by atoms with E-state index in [4.69, 9.17) is 14.2 Å². The molecule has 2 aliphatic heterocycles. The largest absolute Gasteiger partial charge is 0.493 e. The molecule has 9 nitrogen and oxygen atoms in total. The summed E-state index contributed by atoms with van der Waals surface area (Å²) in [6.07, 6.45) is 4.09. The highest BCUT2D eigenvalue weighted by molar-refractivity contribution is 5.96. The van der Waals surface area contributed by atoms with E-state index in [1.807, 2.05) is 6.92 Å². The van der Waals surface area contributed by atoms with Gasteiger partial charge in [0.15, 0.2) is 11.5 Å². The second-order valence-electron chi connectivity index (χ2n) is 10.8. The van der Waals surface area contributed by atoms with Crippen LogP contribution in [0, 0.1) is 11.6 Å². The lowest BCUT2D eigenvalue weighted by atomic mass is 10.0. The van der Waals surface area contributed by atoms with E-state index < -0.39 is 17.7 Å². The summed E-state index contributed by atoms with van der Waals surface area (Å²) in [4.78, 5) is 31.1. The predicted molar refractivity (Wildman–Crippen MR) is 154 cm³/mol. The fraction of sp³-hybridized carbons (Fsp3) is 0.484. The van der Waals surface area contributed by atoms with Crippen molar-refractivity contribution in [2.24, 2.45) is 0 Å². The summed E-state index contributed by atoms with van der Waals surface area (Å²) >= 11 is 0. The number of ether oxygens (including phenoxy) is 3. The van der Waals surface area contributed by atoms with Gasteiger partial charge in [-0.2, -0.15) is 0 Å². The van der Waals surface area contributed by atoms with Crippen molar-refractivity contribution in [1.82, 2.24) is 14.7 Å². The van der Waals surface area contributed by atoms with Gasteiger partial charge in [-0.15, -0.1) is 0 Å². The summed E-state index contributed by atoms with van der Waals surface area (Å²) in [5, 5.41) is 9.35. The van der Waals surface area contributed by atoms with Gasteiger partial charge in [-0.25, -0.2) is 13.6 Å². The molecule has 0 unspecified atom stereocenters. The quantitative estimate of drug-likeness (QED) is 0.412. The van der Waals surface area contributed by atoms with Gasteiger partial charge in [0.1, 0.15) is 11.6 Å². The number of methoxy groups -OCH3 is 3. The lowest BCUT2D eigenvalue weighted by Gasteiger charge is -2.40. The topological polar surface area (TPSA) is 91.8 Å². The first-order valence-corrected chi connectivity index (χ1v) is 14.1. The molecule has 0 aliphatic carbocycles. The first-order chi connectivity index (χ1) is 20.1. The van der Waals surface area contributed by atoms with Crippen molar-refractivity contribution < 1.29 is 37.7 Å². The van der Waals surface area contributed by atoms with Crippen LogP contribution in [-0.2, 0) is 0 Å². The molecule has 1 atom stereocenters. The minimum absolute atomic E-state index is 0.0766. The number of carbonyl (C=O) groups is 2. The molecular weight excluding hydrogens is 548 g/mol. The monoisotopic (exact) mass is 587 g/mol. The molecule has 4 rings (SSSR count). The molecule has 2 saturated heterocycles. The Kier molecular flexibility index (Phi) is 10.3. The molecule has 2 heterocycles. The second kappa shape index (κ2) is 13.9. The van der Waals surface area contributed by atoms with Crippen LogP contribution in [0.3, 0.4) is 0 Å². The Morgan fingerprint density at radius 2 is 1.67 bits per heavy atom. The molecule has 0 saturated carbocycles. The van der Waals surface area contributed by atoms with Gasteiger partial charge in [-0.1, -0.05) is 11.6 Å². The predicted octanol–water partition coefficient (Wildman–Crippen LogP) is 5.14. The number of amides is 2. The van der Waals surface area contributed by atoms with Crippen molar-refractivity contribution in [2.75, 3.05) is 54.1 Å². The number of hydrogen-bond donors (Lipinski definition) is 1. The Morgan fingerprint density at radius 1 is 1.00 bits per heavy atom. The van der Waals surface area contributed by atoms with Crippen molar-refractivity contribution in [2.45, 2.75) is 44.7 Å². The number of benzene rings is 2. The van der Waals surface area contributed by atoms with Crippen LogP contribution in [0.15, 0.2) is 35.9 Å². The van der Waals surface area contributed by atoms with E-state index in [1.54, 1.807) is 23.1 Å². The number of piperidine rings is 1. The molecule has 2 aromatic rings. The summed E-state index contributed by atoms with van der Waals surface area (Å²) in [5.74, 6) is -0.500. The zero-order valence-corrected chi connectivity index (χ0v) is 24.6. The van der Waals surface area contributed by atoms with Crippen LogP contribution >= 0.6 is 0 Å². The van der Waals surface area contributed by atoms with E-state index in [1.165, 1.54) is 38.4 Å². The minimum atomic E-state index is -0.895. The molecule has 2 aromatic carbocycles. The van der Waals surface area contributed by atoms with Crippen LogP contribution in [-0.4, -0.2) is 97.9 Å². The molecule has 0 aromatic heterocycles. The highest BCUT2D eigenvalue weighted by Gasteiger charge is 2.35. The minimum Gasteiger partial charge on any atom is -0.493 e. The molecule has 0 bridgehead atoms. The summed E-state index contributed by atoms with van der Waals surface area (Å²) in [5.41, 5.74) is 1.31. The number of nitrogens with zero attached hydrogens (tertiary/aromatic N) is 3. The number of carboxylic acid groups (broad SMARTS) is 1.